The Morgan fingerprint density at radius 3 is 2.81 bits per heavy atom. The molecule has 3 N–H and O–H groups in total. The number of aliphatic imine (C=N–C) groups is 1. The first-order valence-electron chi connectivity index (χ1n) is 8.34. The quantitative estimate of drug-likeness (QED) is 0.257. The van der Waals surface area contributed by atoms with E-state index in [1.54, 1.807) is 19.2 Å². The number of aliphatic hydroxyl groups excluding tert-OH is 1. The number of ether oxygens (including phenoxy) is 2. The normalized spacial score (nSPS) is 19.7. The Morgan fingerprint density at radius 2 is 2.22 bits per heavy atom. The molecule has 27 heavy (non-hydrogen) atoms. The van der Waals surface area contributed by atoms with E-state index in [0.29, 0.717) is 37.7 Å². The van der Waals surface area contributed by atoms with Gasteiger partial charge in [0.25, 0.3) is 0 Å². The van der Waals surface area contributed by atoms with Crippen LogP contribution in [0, 0.1) is 5.41 Å². The van der Waals surface area contributed by atoms with Crippen LogP contribution in [0.5, 0.6) is 5.75 Å². The summed E-state index contributed by atoms with van der Waals surface area (Å²) in [5.74, 6) is 0.657. The Hall–Kier alpha value is -0.720. The van der Waals surface area contributed by atoms with Crippen LogP contribution < -0.4 is 15.4 Å². The van der Waals surface area contributed by atoms with Gasteiger partial charge in [-0.05, 0) is 31.0 Å². The smallest absolute Gasteiger partial charge is 0.387 e. The third-order valence-corrected chi connectivity index (χ3v) is 4.86. The lowest BCUT2D eigenvalue weighted by atomic mass is 9.84. The molecular formula is C17H25BrF2IN3O3. The van der Waals surface area contributed by atoms with Crippen molar-refractivity contribution in [2.45, 2.75) is 26.0 Å². The summed E-state index contributed by atoms with van der Waals surface area (Å²) in [6.45, 7) is -0.636. The second-order valence-electron chi connectivity index (χ2n) is 6.19. The average Bonchev–Trinajstić information content (AvgIpc) is 3.06. The van der Waals surface area contributed by atoms with Gasteiger partial charge in [0.2, 0.25) is 0 Å². The molecule has 0 spiro atoms. The number of aliphatic hydroxyl groups is 1. The lowest BCUT2D eigenvalue weighted by Gasteiger charge is -2.27. The largest absolute Gasteiger partial charge is 0.434 e. The standard InChI is InChI=1S/C17H24BrF2N3O3.HI/c1-21-16(23-10-17(4-6-24)5-7-25-11-17)22-9-12-8-13(18)2-3-14(12)26-15(19)20;/h2-3,8,15,24H,4-7,9-11H2,1H3,(H2,21,22,23);1H. The van der Waals surface area contributed by atoms with E-state index in [0.717, 1.165) is 10.9 Å². The van der Waals surface area contributed by atoms with Crippen molar-refractivity contribution in [2.24, 2.45) is 10.4 Å². The van der Waals surface area contributed by atoms with Gasteiger partial charge in [0.05, 0.1) is 6.61 Å². The molecule has 0 bridgehead atoms. The Kier molecular flexibility index (Phi) is 10.8. The number of nitrogens with zero attached hydrogens (tertiary/aromatic N) is 1. The molecule has 1 aromatic carbocycles. The minimum Gasteiger partial charge on any atom is -0.434 e. The molecule has 1 heterocycles. The predicted molar refractivity (Wildman–Crippen MR) is 114 cm³/mol. The van der Waals surface area contributed by atoms with E-state index in [-0.39, 0.29) is 48.3 Å². The molecule has 1 atom stereocenters. The maximum Gasteiger partial charge on any atom is 0.387 e. The molecular weight excluding hydrogens is 539 g/mol. The molecule has 0 aliphatic carbocycles. The van der Waals surface area contributed by atoms with Gasteiger partial charge < -0.3 is 25.2 Å². The highest BCUT2D eigenvalue weighted by Gasteiger charge is 2.34. The van der Waals surface area contributed by atoms with Gasteiger partial charge in [0, 0.05) is 48.8 Å². The second kappa shape index (κ2) is 12.0. The van der Waals surface area contributed by atoms with Crippen LogP contribution in [0.25, 0.3) is 0 Å². The van der Waals surface area contributed by atoms with Crippen LogP contribution in [-0.2, 0) is 11.3 Å². The third kappa shape index (κ3) is 7.66. The predicted octanol–water partition coefficient (Wildman–Crippen LogP) is 3.12. The highest BCUT2D eigenvalue weighted by molar-refractivity contribution is 14.0. The first kappa shape index (κ1) is 24.3. The van der Waals surface area contributed by atoms with E-state index >= 15 is 0 Å². The van der Waals surface area contributed by atoms with Crippen molar-refractivity contribution < 1.29 is 23.4 Å². The summed E-state index contributed by atoms with van der Waals surface area (Å²) >= 11 is 3.33. The first-order chi connectivity index (χ1) is 12.5. The van der Waals surface area contributed by atoms with Crippen LogP contribution in [0.3, 0.4) is 0 Å². The van der Waals surface area contributed by atoms with Gasteiger partial charge in [-0.2, -0.15) is 8.78 Å². The molecule has 1 saturated heterocycles. The summed E-state index contributed by atoms with van der Waals surface area (Å²) in [5, 5.41) is 15.6. The minimum absolute atomic E-state index is 0. The van der Waals surface area contributed by atoms with E-state index in [2.05, 4.69) is 36.3 Å². The van der Waals surface area contributed by atoms with Crippen LogP contribution in [0.15, 0.2) is 27.7 Å². The number of benzene rings is 1. The van der Waals surface area contributed by atoms with Crippen LogP contribution in [0.4, 0.5) is 8.78 Å². The van der Waals surface area contributed by atoms with E-state index in [4.69, 9.17) is 4.74 Å². The highest BCUT2D eigenvalue weighted by atomic mass is 127. The fourth-order valence-electron chi connectivity index (χ4n) is 2.88. The third-order valence-electron chi connectivity index (χ3n) is 4.37. The molecule has 1 aliphatic heterocycles. The van der Waals surface area contributed by atoms with Crippen molar-refractivity contribution in [2.75, 3.05) is 33.4 Å². The fraction of sp³-hybridized carbons (Fsp3) is 0.588. The molecule has 1 aliphatic rings. The zero-order valence-corrected chi connectivity index (χ0v) is 18.9. The molecule has 1 unspecified atom stereocenters. The topological polar surface area (TPSA) is 75.1 Å². The average molecular weight is 564 g/mol. The maximum absolute atomic E-state index is 12.6. The highest BCUT2D eigenvalue weighted by Crippen LogP contribution is 2.31. The summed E-state index contributed by atoms with van der Waals surface area (Å²) in [5.41, 5.74) is 0.462. The van der Waals surface area contributed by atoms with Gasteiger partial charge in [0.1, 0.15) is 5.75 Å². The number of hydrogen-bond donors (Lipinski definition) is 3. The Bertz CT molecular complexity index is 617. The van der Waals surface area contributed by atoms with Crippen molar-refractivity contribution in [3.63, 3.8) is 0 Å². The van der Waals surface area contributed by atoms with Gasteiger partial charge in [-0.15, -0.1) is 24.0 Å². The monoisotopic (exact) mass is 563 g/mol. The number of nitrogens with one attached hydrogen (secondary N) is 2. The molecule has 6 nitrogen and oxygen atoms in total. The number of guanidine groups is 1. The van der Waals surface area contributed by atoms with Crippen molar-refractivity contribution in [1.29, 1.82) is 0 Å². The van der Waals surface area contributed by atoms with Crippen molar-refractivity contribution >= 4 is 45.9 Å². The summed E-state index contributed by atoms with van der Waals surface area (Å²) < 4.78 is 35.9. The minimum atomic E-state index is -2.88. The molecule has 2 rings (SSSR count). The van der Waals surface area contributed by atoms with Gasteiger partial charge in [-0.3, -0.25) is 4.99 Å². The second-order valence-corrected chi connectivity index (χ2v) is 7.10. The molecule has 1 aromatic rings. The van der Waals surface area contributed by atoms with Gasteiger partial charge in [-0.25, -0.2) is 0 Å². The Balaban J connectivity index is 0.00000364. The SMILES string of the molecule is CN=C(NCc1cc(Br)ccc1OC(F)F)NCC1(CCO)CCOC1.I. The number of alkyl halides is 2. The molecule has 10 heteroatoms. The van der Waals surface area contributed by atoms with Gasteiger partial charge >= 0.3 is 6.61 Å². The number of hydrogen-bond acceptors (Lipinski definition) is 4. The first-order valence-corrected chi connectivity index (χ1v) is 9.14. The molecule has 0 saturated carbocycles. The van der Waals surface area contributed by atoms with Gasteiger partial charge in [-0.1, -0.05) is 15.9 Å². The molecule has 1 fully saturated rings. The lowest BCUT2D eigenvalue weighted by Crippen LogP contribution is -2.44. The number of halogens is 4. The molecule has 0 radical (unpaired) electrons. The summed E-state index contributed by atoms with van der Waals surface area (Å²) in [6.07, 6.45) is 1.52. The van der Waals surface area contributed by atoms with Crippen LogP contribution in [0.1, 0.15) is 18.4 Å². The van der Waals surface area contributed by atoms with E-state index in [9.17, 15) is 13.9 Å². The van der Waals surface area contributed by atoms with Crippen LogP contribution in [-0.4, -0.2) is 51.1 Å². The number of rotatable bonds is 8. The maximum atomic E-state index is 12.6. The molecule has 0 amide bonds. The van der Waals surface area contributed by atoms with Crippen LogP contribution in [0.2, 0.25) is 0 Å². The zero-order chi connectivity index (χ0) is 19.0. The van der Waals surface area contributed by atoms with E-state index < -0.39 is 6.61 Å². The summed E-state index contributed by atoms with van der Waals surface area (Å²) in [6, 6.07) is 4.86. The van der Waals surface area contributed by atoms with Crippen molar-refractivity contribution in [3.8, 4) is 5.75 Å². The van der Waals surface area contributed by atoms with Gasteiger partial charge in [0.15, 0.2) is 5.96 Å². The van der Waals surface area contributed by atoms with Crippen molar-refractivity contribution in [1.82, 2.24) is 10.6 Å². The van der Waals surface area contributed by atoms with Crippen LogP contribution >= 0.6 is 39.9 Å². The fourth-order valence-corrected chi connectivity index (χ4v) is 3.29. The summed E-state index contributed by atoms with van der Waals surface area (Å²) in [7, 11) is 1.64. The molecule has 154 valence electrons. The zero-order valence-electron chi connectivity index (χ0n) is 15.0. The van der Waals surface area contributed by atoms with E-state index in [1.807, 2.05) is 0 Å². The Labute approximate surface area is 183 Å². The summed E-state index contributed by atoms with van der Waals surface area (Å²) in [4.78, 5) is 4.16. The van der Waals surface area contributed by atoms with Crippen molar-refractivity contribution in [3.05, 3.63) is 28.2 Å². The molecule has 0 aromatic heterocycles. The lowest BCUT2D eigenvalue weighted by molar-refractivity contribution is -0.0504. The Morgan fingerprint density at radius 1 is 1.44 bits per heavy atom. The van der Waals surface area contributed by atoms with E-state index in [1.165, 1.54) is 6.07 Å².